The molecule has 0 fully saturated rings. The maximum Gasteiger partial charge on any atom is 0.320 e. The van der Waals surface area contributed by atoms with Gasteiger partial charge in [0.25, 0.3) is 5.69 Å². The first-order valence-corrected chi connectivity index (χ1v) is 7.93. The van der Waals surface area contributed by atoms with Crippen molar-refractivity contribution in [3.63, 3.8) is 0 Å². The number of fused-ring (bicyclic) bond motifs is 1. The molecule has 1 atom stereocenters. The number of carboxylic acid groups (broad SMARTS) is 1. The molecule has 1 heterocycles. The van der Waals surface area contributed by atoms with Gasteiger partial charge in [-0.1, -0.05) is 6.42 Å². The van der Waals surface area contributed by atoms with Crippen LogP contribution in [0.1, 0.15) is 24.8 Å². The van der Waals surface area contributed by atoms with Crippen molar-refractivity contribution >= 4 is 56.7 Å². The highest BCUT2D eigenvalue weighted by molar-refractivity contribution is 8.93. The molecule has 6 N–H and O–H groups in total. The Hall–Kier alpha value is -2.09. The Labute approximate surface area is 179 Å². The van der Waals surface area contributed by atoms with Crippen molar-refractivity contribution in [1.29, 1.82) is 0 Å². The molecule has 0 bridgehead atoms. The third-order valence-corrected chi connectivity index (χ3v) is 3.89. The number of nitrogens with two attached hydrogens (primary N) is 1. The first-order chi connectivity index (χ1) is 12.3. The van der Waals surface area contributed by atoms with Crippen LogP contribution in [0.4, 0.5) is 5.69 Å². The maximum absolute atomic E-state index is 11.6. The number of H-pyrrole nitrogens is 2. The van der Waals surface area contributed by atoms with Crippen molar-refractivity contribution in [3.8, 4) is 0 Å². The molecule has 13 heteroatoms. The summed E-state index contributed by atoms with van der Waals surface area (Å²) in [6.45, 7) is 0.413. The van der Waals surface area contributed by atoms with E-state index < -0.39 is 28.1 Å². The molecule has 0 aliphatic carbocycles. The smallest absolute Gasteiger partial charge is 0.320 e. The van der Waals surface area contributed by atoms with Crippen molar-refractivity contribution in [1.82, 2.24) is 15.3 Å². The lowest BCUT2D eigenvalue weighted by Gasteiger charge is -2.15. The zero-order valence-corrected chi connectivity index (χ0v) is 18.0. The molecule has 0 radical (unpaired) electrons. The molecule has 0 aliphatic heterocycles. The van der Waals surface area contributed by atoms with E-state index in [1.54, 1.807) is 0 Å². The van der Waals surface area contributed by atoms with Gasteiger partial charge in [-0.2, -0.15) is 0 Å². The first kappa shape index (κ1) is 25.9. The van der Waals surface area contributed by atoms with Crippen LogP contribution in [0.2, 0.25) is 0 Å². The number of halogens is 2. The number of nitro groups is 1. The number of unbranched alkanes of at least 4 members (excludes halogenated alkanes) is 1. The standard InChI is InChI=1S/C15H19N5O6.2BrH/c16-4-2-1-3-10(15(23)24)17-7-8-5-9(20(25)26)6-11-12(8)19-14(22)13(21)18-11;;/h5-6,10,17H,1-4,7,16H2,(H,18,21)(H,19,22)(H,23,24);2*1H/t10-;;/m1../s1. The van der Waals surface area contributed by atoms with Gasteiger partial charge in [-0.15, -0.1) is 34.0 Å². The Kier molecular flexibility index (Phi) is 10.8. The second kappa shape index (κ2) is 11.7. The van der Waals surface area contributed by atoms with Crippen LogP contribution >= 0.6 is 34.0 Å². The van der Waals surface area contributed by atoms with Crippen LogP contribution in [0.3, 0.4) is 0 Å². The second-order valence-corrected chi connectivity index (χ2v) is 5.75. The molecule has 0 saturated heterocycles. The minimum atomic E-state index is -1.06. The molecule has 2 aromatic rings. The van der Waals surface area contributed by atoms with E-state index in [4.69, 9.17) is 5.73 Å². The highest BCUT2D eigenvalue weighted by atomic mass is 79.9. The molecule has 11 nitrogen and oxygen atoms in total. The molecule has 0 unspecified atom stereocenters. The molecule has 1 aromatic carbocycles. The molecular formula is C15H21Br2N5O6. The molecule has 0 aliphatic rings. The fourth-order valence-electron chi connectivity index (χ4n) is 2.56. The fourth-order valence-corrected chi connectivity index (χ4v) is 2.56. The molecular weight excluding hydrogens is 506 g/mol. The van der Waals surface area contributed by atoms with Crippen LogP contribution in [-0.4, -0.2) is 38.6 Å². The number of nitrogens with one attached hydrogen (secondary N) is 3. The number of rotatable bonds is 9. The van der Waals surface area contributed by atoms with Crippen LogP contribution < -0.4 is 22.2 Å². The minimum Gasteiger partial charge on any atom is -0.480 e. The zero-order valence-electron chi connectivity index (χ0n) is 14.6. The van der Waals surface area contributed by atoms with Gasteiger partial charge in [0.1, 0.15) is 6.04 Å². The lowest BCUT2D eigenvalue weighted by Crippen LogP contribution is -2.36. The van der Waals surface area contributed by atoms with Gasteiger partial charge in [-0.05, 0) is 24.9 Å². The summed E-state index contributed by atoms with van der Waals surface area (Å²) >= 11 is 0. The van der Waals surface area contributed by atoms with E-state index in [2.05, 4.69) is 15.3 Å². The predicted octanol–water partition coefficient (Wildman–Crippen LogP) is 0.952. The molecule has 1 aromatic heterocycles. The molecule has 0 amide bonds. The van der Waals surface area contributed by atoms with E-state index in [9.17, 15) is 29.6 Å². The summed E-state index contributed by atoms with van der Waals surface area (Å²) in [7, 11) is 0. The van der Waals surface area contributed by atoms with E-state index >= 15 is 0 Å². The molecule has 2 rings (SSSR count). The van der Waals surface area contributed by atoms with Crippen molar-refractivity contribution in [2.24, 2.45) is 5.73 Å². The van der Waals surface area contributed by atoms with Crippen LogP contribution in [0, 0.1) is 10.1 Å². The van der Waals surface area contributed by atoms with E-state index in [1.165, 1.54) is 6.07 Å². The summed E-state index contributed by atoms with van der Waals surface area (Å²) < 4.78 is 0. The summed E-state index contributed by atoms with van der Waals surface area (Å²) in [4.78, 5) is 49.5. The van der Waals surface area contributed by atoms with Gasteiger partial charge < -0.3 is 26.1 Å². The third kappa shape index (κ3) is 6.51. The predicted molar refractivity (Wildman–Crippen MR) is 114 cm³/mol. The van der Waals surface area contributed by atoms with E-state index in [1.807, 2.05) is 0 Å². The Morgan fingerprint density at radius 2 is 1.86 bits per heavy atom. The van der Waals surface area contributed by atoms with E-state index in [-0.39, 0.29) is 57.2 Å². The monoisotopic (exact) mass is 525 g/mol. The lowest BCUT2D eigenvalue weighted by molar-refractivity contribution is -0.384. The molecule has 0 spiro atoms. The second-order valence-electron chi connectivity index (χ2n) is 5.75. The van der Waals surface area contributed by atoms with Gasteiger partial charge in [-0.25, -0.2) is 0 Å². The average Bonchev–Trinajstić information content (AvgIpc) is 2.58. The van der Waals surface area contributed by atoms with Crippen molar-refractivity contribution in [2.45, 2.75) is 31.8 Å². The van der Waals surface area contributed by atoms with E-state index in [0.717, 1.165) is 6.07 Å². The Bertz CT molecular complexity index is 945. The first-order valence-electron chi connectivity index (χ1n) is 7.93. The van der Waals surface area contributed by atoms with Crippen molar-refractivity contribution < 1.29 is 14.8 Å². The zero-order chi connectivity index (χ0) is 19.3. The fraction of sp³-hybridized carbons (Fsp3) is 0.400. The van der Waals surface area contributed by atoms with Crippen molar-refractivity contribution in [2.75, 3.05) is 6.54 Å². The van der Waals surface area contributed by atoms with Crippen molar-refractivity contribution in [3.05, 3.63) is 48.5 Å². The Morgan fingerprint density at radius 1 is 1.21 bits per heavy atom. The SMILES string of the molecule is Br.Br.NCCCC[C@@H](NCc1cc([N+](=O)[O-])cc2[nH]c(=O)c(=O)[nH]c12)C(=O)O. The van der Waals surface area contributed by atoms with Crippen LogP contribution in [-0.2, 0) is 11.3 Å². The Morgan fingerprint density at radius 3 is 2.43 bits per heavy atom. The number of aromatic amines is 2. The molecule has 0 saturated carbocycles. The number of benzene rings is 1. The number of carbonyl (C=O) groups is 1. The Balaban J connectivity index is 0.00000364. The maximum atomic E-state index is 11.6. The highest BCUT2D eigenvalue weighted by Gasteiger charge is 2.19. The quantitative estimate of drug-likeness (QED) is 0.138. The minimum absolute atomic E-state index is 0. The molecule has 28 heavy (non-hydrogen) atoms. The lowest BCUT2D eigenvalue weighted by atomic mass is 10.1. The topological polar surface area (TPSA) is 184 Å². The van der Waals surface area contributed by atoms with E-state index in [0.29, 0.717) is 31.4 Å². The van der Waals surface area contributed by atoms with Crippen LogP contribution in [0.25, 0.3) is 11.0 Å². The number of nitro benzene ring substituents is 1. The number of carboxylic acids is 1. The highest BCUT2D eigenvalue weighted by Crippen LogP contribution is 2.21. The van der Waals surface area contributed by atoms with Crippen LogP contribution in [0.15, 0.2) is 21.7 Å². The number of non-ortho nitro benzene ring substituents is 1. The number of nitrogens with zero attached hydrogens (tertiary/aromatic N) is 1. The summed E-state index contributed by atoms with van der Waals surface area (Å²) in [5.41, 5.74) is 3.88. The van der Waals surface area contributed by atoms with Gasteiger partial charge in [-0.3, -0.25) is 24.5 Å². The van der Waals surface area contributed by atoms with Gasteiger partial charge in [0, 0.05) is 18.7 Å². The summed E-state index contributed by atoms with van der Waals surface area (Å²) in [5.74, 6) is -1.06. The summed E-state index contributed by atoms with van der Waals surface area (Å²) in [6, 6.07) is 1.49. The van der Waals surface area contributed by atoms with Gasteiger partial charge in [0.2, 0.25) is 0 Å². The van der Waals surface area contributed by atoms with Gasteiger partial charge in [0.15, 0.2) is 0 Å². The van der Waals surface area contributed by atoms with Gasteiger partial charge >= 0.3 is 17.1 Å². The third-order valence-electron chi connectivity index (χ3n) is 3.89. The van der Waals surface area contributed by atoms with Crippen LogP contribution in [0.5, 0.6) is 0 Å². The number of aromatic nitrogens is 2. The summed E-state index contributed by atoms with van der Waals surface area (Å²) in [5, 5.41) is 23.2. The van der Waals surface area contributed by atoms with Gasteiger partial charge in [0.05, 0.1) is 16.0 Å². The normalized spacial score (nSPS) is 11.3. The molecule has 156 valence electrons. The largest absolute Gasteiger partial charge is 0.480 e. The number of hydrogen-bond donors (Lipinski definition) is 5. The average molecular weight is 527 g/mol. The number of hydrogen-bond acceptors (Lipinski definition) is 7. The summed E-state index contributed by atoms with van der Waals surface area (Å²) in [6.07, 6.45) is 1.63. The number of aliphatic carboxylic acids is 1.